The van der Waals surface area contributed by atoms with Crippen molar-refractivity contribution in [2.24, 2.45) is 15.4 Å². The first-order valence-corrected chi connectivity index (χ1v) is 1.37. The van der Waals surface area contributed by atoms with Crippen molar-refractivity contribution in [3.05, 3.63) is 0 Å². The van der Waals surface area contributed by atoms with Crippen molar-refractivity contribution in [3.63, 3.8) is 0 Å². The lowest BCUT2D eigenvalue weighted by Crippen LogP contribution is -1.84. The van der Waals surface area contributed by atoms with Gasteiger partial charge in [-0.05, 0) is 5.22 Å². The molecule has 1 aliphatic rings. The van der Waals surface area contributed by atoms with E-state index in [-0.39, 0.29) is 5.91 Å². The van der Waals surface area contributed by atoms with E-state index in [4.69, 9.17) is 0 Å². The van der Waals surface area contributed by atoms with Crippen molar-refractivity contribution in [3.8, 4) is 0 Å². The van der Waals surface area contributed by atoms with Crippen molar-refractivity contribution < 1.29 is 4.79 Å². The fourth-order valence-electron chi connectivity index (χ4n) is 0.171. The molecule has 0 fully saturated rings. The Morgan fingerprint density at radius 3 is 2.67 bits per heavy atom. The van der Waals surface area contributed by atoms with Crippen LogP contribution in [-0.4, -0.2) is 12.1 Å². The molecule has 0 radical (unpaired) electrons. The summed E-state index contributed by atoms with van der Waals surface area (Å²) < 4.78 is 0. The third-order valence-corrected chi connectivity index (χ3v) is 0.363. The Morgan fingerprint density at radius 2 is 2.50 bits per heavy atom. The molecule has 0 N–H and O–H groups in total. The fourth-order valence-corrected chi connectivity index (χ4v) is 0.171. The van der Waals surface area contributed by atoms with E-state index >= 15 is 0 Å². The van der Waals surface area contributed by atoms with Crippen LogP contribution >= 0.6 is 0 Å². The maximum absolute atomic E-state index is 9.83. The van der Waals surface area contributed by atoms with Gasteiger partial charge in [-0.15, -0.1) is 5.10 Å². The Hall–Kier alpha value is -1.06. The summed E-state index contributed by atoms with van der Waals surface area (Å²) in [5.41, 5.74) is 0. The Bertz CT molecular complexity index is 111. The average Bonchev–Trinajstić information content (AvgIpc) is 1.86. The van der Waals surface area contributed by atoms with Crippen LogP contribution in [0.3, 0.4) is 0 Å². The zero-order valence-corrected chi connectivity index (χ0v) is 2.83. The minimum absolute atomic E-state index is 0.380. The minimum atomic E-state index is -0.380. The predicted molar refractivity (Wildman–Crippen MR) is 18.4 cm³/mol. The van der Waals surface area contributed by atoms with Crippen LogP contribution in [0.4, 0.5) is 0 Å². The van der Waals surface area contributed by atoms with E-state index in [2.05, 4.69) is 15.4 Å². The van der Waals surface area contributed by atoms with Crippen LogP contribution in [0.2, 0.25) is 0 Å². The molecule has 4 nitrogen and oxygen atoms in total. The van der Waals surface area contributed by atoms with Crippen LogP contribution in [-0.2, 0) is 4.79 Å². The van der Waals surface area contributed by atoms with Gasteiger partial charge in [0.25, 0.3) is 0 Å². The highest BCUT2D eigenvalue weighted by molar-refractivity contribution is 6.27. The second-order valence-electron chi connectivity index (χ2n) is 0.772. The van der Waals surface area contributed by atoms with Crippen LogP contribution in [0, 0.1) is 0 Å². The van der Waals surface area contributed by atoms with Crippen LogP contribution in [0.25, 0.3) is 0 Å². The van der Waals surface area contributed by atoms with E-state index in [1.165, 1.54) is 0 Å². The van der Waals surface area contributed by atoms with Gasteiger partial charge in [0.05, 0.1) is 0 Å². The molecule has 1 amide bonds. The zero-order valence-electron chi connectivity index (χ0n) is 2.83. The van der Waals surface area contributed by atoms with E-state index < -0.39 is 0 Å². The van der Waals surface area contributed by atoms with Gasteiger partial charge >= 0.3 is 5.91 Å². The van der Waals surface area contributed by atoms with E-state index in [9.17, 15) is 4.79 Å². The van der Waals surface area contributed by atoms with E-state index in [1.54, 1.807) is 0 Å². The molecule has 0 bridgehead atoms. The van der Waals surface area contributed by atoms with Crippen molar-refractivity contribution >= 4 is 12.1 Å². The third kappa shape index (κ3) is 0.314. The summed E-state index contributed by atoms with van der Waals surface area (Å²) in [5, 5.41) is 9.16. The highest BCUT2D eigenvalue weighted by Crippen LogP contribution is 1.83. The summed E-state index contributed by atoms with van der Waals surface area (Å²) in [6.45, 7) is 0. The van der Waals surface area contributed by atoms with Crippen LogP contribution < -0.4 is 0 Å². The number of carbonyl (C=O) groups is 1. The topological polar surface area (TPSA) is 54.1 Å². The number of rotatable bonds is 0. The molecular weight excluding hydrogens is 82.0 g/mol. The number of hydrogen-bond donors (Lipinski definition) is 0. The first-order valence-electron chi connectivity index (χ1n) is 1.37. The number of amides is 1. The van der Waals surface area contributed by atoms with Crippen molar-refractivity contribution in [1.29, 1.82) is 0 Å². The molecule has 6 heavy (non-hydrogen) atoms. The average molecular weight is 83.1 g/mol. The molecule has 0 saturated carbocycles. The fraction of sp³-hybridized carbons (Fsp3) is 0. The number of nitrogens with zero attached hydrogens (tertiary/aromatic N) is 3. The molecule has 0 aromatic rings. The van der Waals surface area contributed by atoms with Gasteiger partial charge in [0.1, 0.15) is 6.21 Å². The van der Waals surface area contributed by atoms with Crippen molar-refractivity contribution in [2.45, 2.75) is 0 Å². The Balaban J connectivity index is 2.86. The molecule has 0 spiro atoms. The molecule has 1 rings (SSSR count). The molecule has 0 unspecified atom stereocenters. The Morgan fingerprint density at radius 1 is 1.67 bits per heavy atom. The molecule has 0 aliphatic carbocycles. The minimum Gasteiger partial charge on any atom is -0.264 e. The van der Waals surface area contributed by atoms with Gasteiger partial charge in [-0.25, -0.2) is 0 Å². The van der Waals surface area contributed by atoms with Gasteiger partial charge in [0.2, 0.25) is 0 Å². The summed E-state index contributed by atoms with van der Waals surface area (Å²) in [6.07, 6.45) is 1.06. The molecule has 0 aromatic heterocycles. The Labute approximate surface area is 33.6 Å². The summed E-state index contributed by atoms with van der Waals surface area (Å²) in [5.74, 6) is -0.380. The Kier molecular flexibility index (Phi) is 0.506. The van der Waals surface area contributed by atoms with Crippen molar-refractivity contribution in [2.75, 3.05) is 0 Å². The van der Waals surface area contributed by atoms with Gasteiger partial charge in [0.15, 0.2) is 0 Å². The molecule has 4 heteroatoms. The van der Waals surface area contributed by atoms with Gasteiger partial charge in [-0.1, -0.05) is 5.11 Å². The molecule has 1 aliphatic heterocycles. The maximum Gasteiger partial charge on any atom is 0.310 e. The van der Waals surface area contributed by atoms with Gasteiger partial charge in [-0.3, -0.25) is 4.79 Å². The normalized spacial score (nSPS) is 17.0. The van der Waals surface area contributed by atoms with Gasteiger partial charge in [-0.2, -0.15) is 0 Å². The maximum atomic E-state index is 9.83. The molecule has 0 aromatic carbocycles. The number of hydrogen-bond acceptors (Lipinski definition) is 3. The molecular formula is C2HN3O. The van der Waals surface area contributed by atoms with E-state index in [0.717, 1.165) is 6.21 Å². The number of carbonyl (C=O) groups excluding carboxylic acids is 1. The first kappa shape index (κ1) is 3.14. The predicted octanol–water partition coefficient (Wildman–Crippen LogP) is -0.0354. The lowest BCUT2D eigenvalue weighted by molar-refractivity contribution is -0.111. The highest BCUT2D eigenvalue weighted by atomic mass is 16.2. The molecule has 0 saturated heterocycles. The first-order chi connectivity index (χ1) is 2.89. The highest BCUT2D eigenvalue weighted by Gasteiger charge is 1.94. The van der Waals surface area contributed by atoms with Gasteiger partial charge < -0.3 is 0 Å². The zero-order chi connectivity index (χ0) is 4.41. The smallest absolute Gasteiger partial charge is 0.264 e. The standard InChI is InChI=1S/C2HN3O/c6-2-1-3-5-4-2/h1H. The third-order valence-electron chi connectivity index (χ3n) is 0.363. The van der Waals surface area contributed by atoms with Gasteiger partial charge in [0, 0.05) is 0 Å². The lowest BCUT2D eigenvalue weighted by Gasteiger charge is -1.55. The summed E-state index contributed by atoms with van der Waals surface area (Å²) in [6, 6.07) is 0. The van der Waals surface area contributed by atoms with Crippen LogP contribution in [0.15, 0.2) is 15.4 Å². The lowest BCUT2D eigenvalue weighted by atomic mass is 10.7. The second-order valence-corrected chi connectivity index (χ2v) is 0.772. The van der Waals surface area contributed by atoms with E-state index in [0.29, 0.717) is 0 Å². The quantitative estimate of drug-likeness (QED) is 0.405. The summed E-state index contributed by atoms with van der Waals surface area (Å²) >= 11 is 0. The van der Waals surface area contributed by atoms with Crippen molar-refractivity contribution in [1.82, 2.24) is 0 Å². The summed E-state index contributed by atoms with van der Waals surface area (Å²) in [4.78, 5) is 9.83. The SMILES string of the molecule is O=C1C=NN=N1. The molecule has 1 heterocycles. The monoisotopic (exact) mass is 83.0 g/mol. The summed E-state index contributed by atoms with van der Waals surface area (Å²) in [7, 11) is 0. The second kappa shape index (κ2) is 0.965. The molecule has 0 atom stereocenters. The van der Waals surface area contributed by atoms with Crippen LogP contribution in [0.5, 0.6) is 0 Å². The largest absolute Gasteiger partial charge is 0.310 e. The molecule has 30 valence electrons. The van der Waals surface area contributed by atoms with E-state index in [1.807, 2.05) is 0 Å². The van der Waals surface area contributed by atoms with Crippen LogP contribution in [0.1, 0.15) is 0 Å².